The molecule has 3 N–H and O–H groups in total. The minimum atomic E-state index is -3.78. The SMILES string of the molecule is CCCNC(=O)c1cc(S(N)(=O)=O)ccc1CC. The zero-order valence-corrected chi connectivity index (χ0v) is 11.4. The lowest BCUT2D eigenvalue weighted by Gasteiger charge is -2.10. The molecule has 6 heteroatoms. The van der Waals surface area contributed by atoms with Crippen molar-refractivity contribution in [2.45, 2.75) is 31.6 Å². The van der Waals surface area contributed by atoms with Crippen molar-refractivity contribution in [3.05, 3.63) is 29.3 Å². The van der Waals surface area contributed by atoms with Gasteiger partial charge in [0.25, 0.3) is 5.91 Å². The molecule has 0 aliphatic heterocycles. The van der Waals surface area contributed by atoms with Gasteiger partial charge in [-0.05, 0) is 30.5 Å². The molecule has 0 spiro atoms. The first-order chi connectivity index (χ1) is 8.40. The van der Waals surface area contributed by atoms with Crippen LogP contribution in [0.2, 0.25) is 0 Å². The van der Waals surface area contributed by atoms with Crippen molar-refractivity contribution in [3.8, 4) is 0 Å². The van der Waals surface area contributed by atoms with E-state index in [1.54, 1.807) is 6.07 Å². The predicted molar refractivity (Wildman–Crippen MR) is 69.8 cm³/mol. The first kappa shape index (κ1) is 14.7. The molecule has 0 radical (unpaired) electrons. The van der Waals surface area contributed by atoms with Gasteiger partial charge in [0.05, 0.1) is 4.90 Å². The Morgan fingerprint density at radius 2 is 2.00 bits per heavy atom. The maximum Gasteiger partial charge on any atom is 0.251 e. The fraction of sp³-hybridized carbons (Fsp3) is 0.417. The maximum absolute atomic E-state index is 11.9. The molecular weight excluding hydrogens is 252 g/mol. The summed E-state index contributed by atoms with van der Waals surface area (Å²) in [6.07, 6.45) is 1.47. The average molecular weight is 270 g/mol. The monoisotopic (exact) mass is 270 g/mol. The van der Waals surface area contributed by atoms with Crippen LogP contribution in [0, 0.1) is 0 Å². The molecule has 0 saturated heterocycles. The number of primary sulfonamides is 1. The van der Waals surface area contributed by atoms with Gasteiger partial charge in [0.1, 0.15) is 0 Å². The largest absolute Gasteiger partial charge is 0.352 e. The van der Waals surface area contributed by atoms with E-state index in [1.165, 1.54) is 12.1 Å². The molecule has 0 aliphatic carbocycles. The number of nitrogens with two attached hydrogens (primary N) is 1. The molecule has 0 saturated carbocycles. The highest BCUT2D eigenvalue weighted by atomic mass is 32.2. The lowest BCUT2D eigenvalue weighted by Crippen LogP contribution is -2.25. The van der Waals surface area contributed by atoms with E-state index in [2.05, 4.69) is 5.32 Å². The van der Waals surface area contributed by atoms with Crippen LogP contribution in [-0.2, 0) is 16.4 Å². The molecule has 0 atom stereocenters. The fourth-order valence-corrected chi connectivity index (χ4v) is 2.13. The second kappa shape index (κ2) is 5.97. The number of hydrogen-bond donors (Lipinski definition) is 2. The summed E-state index contributed by atoms with van der Waals surface area (Å²) in [5.41, 5.74) is 1.17. The minimum Gasteiger partial charge on any atom is -0.352 e. The molecule has 0 aromatic heterocycles. The first-order valence-electron chi connectivity index (χ1n) is 5.84. The normalized spacial score (nSPS) is 11.3. The maximum atomic E-state index is 11.9. The quantitative estimate of drug-likeness (QED) is 0.837. The van der Waals surface area contributed by atoms with E-state index in [9.17, 15) is 13.2 Å². The number of benzene rings is 1. The van der Waals surface area contributed by atoms with Crippen molar-refractivity contribution in [2.75, 3.05) is 6.54 Å². The molecule has 0 aliphatic rings. The van der Waals surface area contributed by atoms with E-state index in [0.717, 1.165) is 12.0 Å². The number of carbonyl (C=O) groups excluding carboxylic acids is 1. The lowest BCUT2D eigenvalue weighted by atomic mass is 10.0. The van der Waals surface area contributed by atoms with Crippen LogP contribution in [0.25, 0.3) is 0 Å². The van der Waals surface area contributed by atoms with Crippen molar-refractivity contribution in [1.29, 1.82) is 0 Å². The molecule has 1 rings (SSSR count). The van der Waals surface area contributed by atoms with Crippen molar-refractivity contribution in [2.24, 2.45) is 5.14 Å². The second-order valence-corrected chi connectivity index (χ2v) is 5.53. The van der Waals surface area contributed by atoms with Gasteiger partial charge in [0.15, 0.2) is 0 Å². The number of sulfonamides is 1. The summed E-state index contributed by atoms with van der Waals surface area (Å²) in [5.74, 6) is -0.265. The second-order valence-electron chi connectivity index (χ2n) is 3.97. The summed E-state index contributed by atoms with van der Waals surface area (Å²) in [7, 11) is -3.78. The Bertz CT molecular complexity index is 538. The topological polar surface area (TPSA) is 89.3 Å². The third kappa shape index (κ3) is 3.54. The zero-order chi connectivity index (χ0) is 13.8. The van der Waals surface area contributed by atoms with Crippen molar-refractivity contribution >= 4 is 15.9 Å². The zero-order valence-electron chi connectivity index (χ0n) is 10.6. The third-order valence-corrected chi connectivity index (χ3v) is 3.48. The van der Waals surface area contributed by atoms with Gasteiger partial charge in [0.2, 0.25) is 10.0 Å². The number of aryl methyl sites for hydroxylation is 1. The van der Waals surface area contributed by atoms with Gasteiger partial charge in [0, 0.05) is 12.1 Å². The molecule has 1 aromatic rings. The molecule has 0 heterocycles. The molecule has 0 fully saturated rings. The summed E-state index contributed by atoms with van der Waals surface area (Å²) in [6, 6.07) is 4.38. The summed E-state index contributed by atoms with van der Waals surface area (Å²) in [6.45, 7) is 4.41. The van der Waals surface area contributed by atoms with E-state index < -0.39 is 10.0 Å². The molecule has 100 valence electrons. The smallest absolute Gasteiger partial charge is 0.251 e. The standard InChI is InChI=1S/C12H18N2O3S/c1-3-7-14-12(15)11-8-10(18(13,16)17)6-5-9(11)4-2/h5-6,8H,3-4,7H2,1-2H3,(H,14,15)(H2,13,16,17). The Morgan fingerprint density at radius 1 is 1.33 bits per heavy atom. The van der Waals surface area contributed by atoms with Crippen molar-refractivity contribution in [1.82, 2.24) is 5.32 Å². The molecule has 5 nitrogen and oxygen atoms in total. The highest BCUT2D eigenvalue weighted by molar-refractivity contribution is 7.89. The van der Waals surface area contributed by atoms with E-state index in [4.69, 9.17) is 5.14 Å². The summed E-state index contributed by atoms with van der Waals surface area (Å²) in [5, 5.41) is 7.79. The molecular formula is C12H18N2O3S. The highest BCUT2D eigenvalue weighted by Gasteiger charge is 2.15. The molecule has 1 aromatic carbocycles. The van der Waals surface area contributed by atoms with Gasteiger partial charge in [-0.2, -0.15) is 0 Å². The average Bonchev–Trinajstić information content (AvgIpc) is 2.34. The van der Waals surface area contributed by atoms with Crippen LogP contribution in [-0.4, -0.2) is 20.9 Å². The highest BCUT2D eigenvalue weighted by Crippen LogP contribution is 2.16. The number of amides is 1. The predicted octanol–water partition coefficient (Wildman–Crippen LogP) is 1.04. The summed E-state index contributed by atoms with van der Waals surface area (Å²) >= 11 is 0. The fourth-order valence-electron chi connectivity index (χ4n) is 1.59. The summed E-state index contributed by atoms with van der Waals surface area (Å²) < 4.78 is 22.5. The number of carbonyl (C=O) groups is 1. The van der Waals surface area contributed by atoms with Gasteiger partial charge in [-0.1, -0.05) is 19.9 Å². The van der Waals surface area contributed by atoms with Gasteiger partial charge >= 0.3 is 0 Å². The first-order valence-corrected chi connectivity index (χ1v) is 7.38. The van der Waals surface area contributed by atoms with Gasteiger partial charge in [-0.25, -0.2) is 13.6 Å². The van der Waals surface area contributed by atoms with Crippen LogP contribution < -0.4 is 10.5 Å². The van der Waals surface area contributed by atoms with Crippen LogP contribution in [0.5, 0.6) is 0 Å². The van der Waals surface area contributed by atoms with E-state index in [0.29, 0.717) is 18.5 Å². The Labute approximate surface area is 107 Å². The van der Waals surface area contributed by atoms with Crippen LogP contribution in [0.4, 0.5) is 0 Å². The number of hydrogen-bond acceptors (Lipinski definition) is 3. The van der Waals surface area contributed by atoms with Crippen LogP contribution in [0.15, 0.2) is 23.1 Å². The van der Waals surface area contributed by atoms with Crippen LogP contribution in [0.1, 0.15) is 36.2 Å². The number of nitrogens with one attached hydrogen (secondary N) is 1. The molecule has 0 bridgehead atoms. The van der Waals surface area contributed by atoms with E-state index in [-0.39, 0.29) is 10.8 Å². The Morgan fingerprint density at radius 3 is 2.50 bits per heavy atom. The van der Waals surface area contributed by atoms with E-state index >= 15 is 0 Å². The molecule has 0 unspecified atom stereocenters. The van der Waals surface area contributed by atoms with Gasteiger partial charge in [-0.3, -0.25) is 4.79 Å². The summed E-state index contributed by atoms with van der Waals surface area (Å²) in [4.78, 5) is 11.9. The lowest BCUT2D eigenvalue weighted by molar-refractivity contribution is 0.0952. The van der Waals surface area contributed by atoms with Crippen LogP contribution >= 0.6 is 0 Å². The van der Waals surface area contributed by atoms with Crippen molar-refractivity contribution in [3.63, 3.8) is 0 Å². The van der Waals surface area contributed by atoms with E-state index in [1.807, 2.05) is 13.8 Å². The Balaban J connectivity index is 3.18. The third-order valence-electron chi connectivity index (χ3n) is 2.57. The van der Waals surface area contributed by atoms with Gasteiger partial charge in [-0.15, -0.1) is 0 Å². The number of rotatable bonds is 5. The molecule has 18 heavy (non-hydrogen) atoms. The van der Waals surface area contributed by atoms with Crippen LogP contribution in [0.3, 0.4) is 0 Å². The van der Waals surface area contributed by atoms with Gasteiger partial charge < -0.3 is 5.32 Å². The minimum absolute atomic E-state index is 0.0404. The van der Waals surface area contributed by atoms with Crippen molar-refractivity contribution < 1.29 is 13.2 Å². The Kier molecular flexibility index (Phi) is 4.86. The Hall–Kier alpha value is -1.40. The molecule has 1 amide bonds.